The van der Waals surface area contributed by atoms with E-state index in [-0.39, 0.29) is 38.1 Å². The molecule has 4 amide bonds. The van der Waals surface area contributed by atoms with Crippen LogP contribution >= 0.6 is 0 Å². The first-order valence-electron chi connectivity index (χ1n) is 12.9. The van der Waals surface area contributed by atoms with Gasteiger partial charge in [-0.1, -0.05) is 42.5 Å². The van der Waals surface area contributed by atoms with E-state index < -0.39 is 23.7 Å². The van der Waals surface area contributed by atoms with Crippen molar-refractivity contribution in [2.75, 3.05) is 6.54 Å². The van der Waals surface area contributed by atoms with Crippen LogP contribution in [0.25, 0.3) is 17.0 Å². The zero-order chi connectivity index (χ0) is 28.6. The van der Waals surface area contributed by atoms with Crippen molar-refractivity contribution in [1.29, 1.82) is 0 Å². The molecule has 4 rings (SSSR count). The summed E-state index contributed by atoms with van der Waals surface area (Å²) in [6, 6.07) is 15.2. The van der Waals surface area contributed by atoms with E-state index in [9.17, 15) is 24.0 Å². The van der Waals surface area contributed by atoms with E-state index >= 15 is 0 Å². The summed E-state index contributed by atoms with van der Waals surface area (Å²) in [5.74, 6) is -2.90. The van der Waals surface area contributed by atoms with Gasteiger partial charge in [0.15, 0.2) is 0 Å². The second-order valence-corrected chi connectivity index (χ2v) is 9.44. The van der Waals surface area contributed by atoms with Crippen LogP contribution in [0, 0.1) is 6.92 Å². The molecule has 0 radical (unpaired) electrons. The quantitative estimate of drug-likeness (QED) is 0.145. The Balaban J connectivity index is 1.45. The lowest BCUT2D eigenvalue weighted by Gasteiger charge is -2.23. The van der Waals surface area contributed by atoms with Crippen molar-refractivity contribution in [2.24, 2.45) is 0 Å². The Bertz CT molecular complexity index is 1440. The number of carbonyl (C=O) groups is 5. The predicted octanol–water partition coefficient (Wildman–Crippen LogP) is 2.95. The fourth-order valence-corrected chi connectivity index (χ4v) is 4.53. The standard InChI is InChI=1S/C29H30N4O7/c1-19-22(23-4-2-3-5-24(23)30-19)16-17-32(18-21-8-6-20(7-9-21)10-11-25(34)31-39)26(35)14-15-29(38)40-33-27(36)12-13-28(33)37/h2-11,30,39H,12-18H2,1H3,(H,31,34)/b11-10+. The molecule has 3 aromatic rings. The fraction of sp³-hybridized carbons (Fsp3) is 0.276. The predicted molar refractivity (Wildman–Crippen MR) is 144 cm³/mol. The van der Waals surface area contributed by atoms with Crippen molar-refractivity contribution in [1.82, 2.24) is 20.4 Å². The number of nitrogens with one attached hydrogen (secondary N) is 2. The lowest BCUT2D eigenvalue weighted by molar-refractivity contribution is -0.197. The molecule has 1 aliphatic rings. The van der Waals surface area contributed by atoms with E-state index in [1.165, 1.54) is 11.6 Å². The zero-order valence-electron chi connectivity index (χ0n) is 22.0. The van der Waals surface area contributed by atoms with Gasteiger partial charge in [0.2, 0.25) is 5.91 Å². The number of amides is 4. The van der Waals surface area contributed by atoms with Gasteiger partial charge in [-0.3, -0.25) is 24.4 Å². The average molecular weight is 547 g/mol. The van der Waals surface area contributed by atoms with E-state index in [0.29, 0.717) is 18.0 Å². The number of hydrogen-bond donors (Lipinski definition) is 3. The van der Waals surface area contributed by atoms with Crippen molar-refractivity contribution < 1.29 is 34.0 Å². The van der Waals surface area contributed by atoms with Crippen molar-refractivity contribution in [2.45, 2.75) is 45.6 Å². The van der Waals surface area contributed by atoms with Crippen LogP contribution in [-0.2, 0) is 41.8 Å². The second-order valence-electron chi connectivity index (χ2n) is 9.44. The van der Waals surface area contributed by atoms with Crippen molar-refractivity contribution in [3.63, 3.8) is 0 Å². The molecule has 0 saturated carbocycles. The van der Waals surface area contributed by atoms with E-state index in [2.05, 4.69) is 4.98 Å². The number of aryl methyl sites for hydroxylation is 1. The summed E-state index contributed by atoms with van der Waals surface area (Å²) in [6.07, 6.45) is 2.87. The molecule has 0 aliphatic carbocycles. The molecular weight excluding hydrogens is 516 g/mol. The molecule has 0 atom stereocenters. The highest BCUT2D eigenvalue weighted by Gasteiger charge is 2.33. The molecule has 0 bridgehead atoms. The molecule has 11 nitrogen and oxygen atoms in total. The van der Waals surface area contributed by atoms with Gasteiger partial charge in [0.1, 0.15) is 0 Å². The molecule has 208 valence electrons. The maximum absolute atomic E-state index is 13.3. The first-order chi connectivity index (χ1) is 19.2. The number of rotatable bonds is 11. The number of carbonyl (C=O) groups excluding carboxylic acids is 5. The third-order valence-corrected chi connectivity index (χ3v) is 6.64. The molecule has 2 heterocycles. The van der Waals surface area contributed by atoms with Gasteiger partial charge in [0.25, 0.3) is 17.7 Å². The summed E-state index contributed by atoms with van der Waals surface area (Å²) >= 11 is 0. The molecule has 40 heavy (non-hydrogen) atoms. The molecule has 1 aliphatic heterocycles. The van der Waals surface area contributed by atoms with E-state index in [1.807, 2.05) is 43.3 Å². The van der Waals surface area contributed by atoms with Gasteiger partial charge in [0, 0.05) is 55.0 Å². The first kappa shape index (κ1) is 28.2. The van der Waals surface area contributed by atoms with Gasteiger partial charge in [-0.2, -0.15) is 0 Å². The third kappa shape index (κ3) is 7.00. The van der Waals surface area contributed by atoms with Crippen LogP contribution in [-0.4, -0.2) is 56.3 Å². The number of fused-ring (bicyclic) bond motifs is 1. The summed E-state index contributed by atoms with van der Waals surface area (Å²) in [7, 11) is 0. The smallest absolute Gasteiger partial charge is 0.333 e. The second kappa shape index (κ2) is 12.9. The van der Waals surface area contributed by atoms with Crippen LogP contribution in [0.3, 0.4) is 0 Å². The monoisotopic (exact) mass is 546 g/mol. The molecule has 2 aromatic carbocycles. The van der Waals surface area contributed by atoms with Crippen LogP contribution in [0.4, 0.5) is 0 Å². The highest BCUT2D eigenvalue weighted by molar-refractivity contribution is 6.01. The van der Waals surface area contributed by atoms with Crippen LogP contribution in [0.15, 0.2) is 54.6 Å². The van der Waals surface area contributed by atoms with Crippen molar-refractivity contribution >= 4 is 46.6 Å². The summed E-state index contributed by atoms with van der Waals surface area (Å²) in [5, 5.41) is 10.2. The molecule has 1 aromatic heterocycles. The Labute approximate surface area is 230 Å². The highest BCUT2D eigenvalue weighted by atomic mass is 16.7. The van der Waals surface area contributed by atoms with E-state index in [0.717, 1.165) is 33.3 Å². The van der Waals surface area contributed by atoms with E-state index in [1.54, 1.807) is 23.1 Å². The summed E-state index contributed by atoms with van der Waals surface area (Å²) in [6.45, 7) is 2.65. The molecule has 0 unspecified atom stereocenters. The van der Waals surface area contributed by atoms with Crippen LogP contribution in [0.1, 0.15) is 48.1 Å². The Hall–Kier alpha value is -4.77. The van der Waals surface area contributed by atoms with Crippen molar-refractivity contribution in [3.05, 3.63) is 77.0 Å². The summed E-state index contributed by atoms with van der Waals surface area (Å²) in [4.78, 5) is 70.2. The van der Waals surface area contributed by atoms with Gasteiger partial charge < -0.3 is 14.7 Å². The SMILES string of the molecule is Cc1[nH]c2ccccc2c1CCN(Cc1ccc(/C=C/C(=O)NO)cc1)C(=O)CCC(=O)ON1C(=O)CCC1=O. The molecular formula is C29H30N4O7. The third-order valence-electron chi connectivity index (χ3n) is 6.64. The van der Waals surface area contributed by atoms with Crippen LogP contribution in [0.2, 0.25) is 0 Å². The average Bonchev–Trinajstić information content (AvgIpc) is 3.45. The zero-order valence-corrected chi connectivity index (χ0v) is 22.0. The van der Waals surface area contributed by atoms with Gasteiger partial charge in [0.05, 0.1) is 6.42 Å². The lowest BCUT2D eigenvalue weighted by Crippen LogP contribution is -2.34. The van der Waals surface area contributed by atoms with Gasteiger partial charge in [-0.25, -0.2) is 10.3 Å². The van der Waals surface area contributed by atoms with E-state index in [4.69, 9.17) is 10.0 Å². The van der Waals surface area contributed by atoms with Crippen LogP contribution in [0.5, 0.6) is 0 Å². The number of aromatic nitrogens is 1. The van der Waals surface area contributed by atoms with Gasteiger partial charge in [-0.05, 0) is 42.2 Å². The van der Waals surface area contributed by atoms with Crippen molar-refractivity contribution in [3.8, 4) is 0 Å². The lowest BCUT2D eigenvalue weighted by atomic mass is 10.1. The number of benzene rings is 2. The minimum Gasteiger partial charge on any atom is -0.358 e. The Morgan fingerprint density at radius 1 is 1.05 bits per heavy atom. The number of H-pyrrole nitrogens is 1. The minimum absolute atomic E-state index is 0.00467. The molecule has 11 heteroatoms. The number of imide groups is 1. The number of hydrogen-bond acceptors (Lipinski definition) is 7. The number of nitrogens with zero attached hydrogens (tertiary/aromatic N) is 2. The molecule has 3 N–H and O–H groups in total. The Kier molecular flexibility index (Phi) is 9.07. The minimum atomic E-state index is -0.826. The summed E-state index contributed by atoms with van der Waals surface area (Å²) in [5.41, 5.74) is 6.22. The summed E-state index contributed by atoms with van der Waals surface area (Å²) < 4.78 is 0. The molecule has 1 fully saturated rings. The Morgan fingerprint density at radius 2 is 1.75 bits per heavy atom. The first-order valence-corrected chi connectivity index (χ1v) is 12.9. The number of hydroxylamine groups is 3. The maximum atomic E-state index is 13.3. The number of para-hydroxylation sites is 1. The van der Waals surface area contributed by atoms with Crippen LogP contribution < -0.4 is 5.48 Å². The largest absolute Gasteiger partial charge is 0.358 e. The molecule has 0 spiro atoms. The molecule has 1 saturated heterocycles. The number of aromatic amines is 1. The fourth-order valence-electron chi connectivity index (χ4n) is 4.53. The highest BCUT2D eigenvalue weighted by Crippen LogP contribution is 2.23. The normalized spacial score (nSPS) is 13.3. The maximum Gasteiger partial charge on any atom is 0.333 e. The topological polar surface area (TPSA) is 149 Å². The Morgan fingerprint density at radius 3 is 2.45 bits per heavy atom. The van der Waals surface area contributed by atoms with Gasteiger partial charge >= 0.3 is 5.97 Å². The van der Waals surface area contributed by atoms with Gasteiger partial charge in [-0.15, -0.1) is 5.06 Å².